The zero-order valence-corrected chi connectivity index (χ0v) is 14.1. The van der Waals surface area contributed by atoms with Gasteiger partial charge < -0.3 is 10.2 Å². The second-order valence-corrected chi connectivity index (χ2v) is 6.57. The smallest absolute Gasteiger partial charge is 0.225 e. The van der Waals surface area contributed by atoms with Crippen molar-refractivity contribution in [1.82, 2.24) is 10.2 Å². The van der Waals surface area contributed by atoms with Gasteiger partial charge in [-0.15, -0.1) is 0 Å². The Kier molecular flexibility index (Phi) is 5.46. The van der Waals surface area contributed by atoms with Crippen molar-refractivity contribution in [3.63, 3.8) is 0 Å². The Hall–Kier alpha value is -1.55. The van der Waals surface area contributed by atoms with E-state index < -0.39 is 0 Å². The second-order valence-electron chi connectivity index (χ2n) is 6.13. The van der Waals surface area contributed by atoms with Crippen molar-refractivity contribution in [2.75, 3.05) is 0 Å². The molecule has 0 heterocycles. The Morgan fingerprint density at radius 2 is 1.86 bits per heavy atom. The van der Waals surface area contributed by atoms with Crippen LogP contribution in [0.1, 0.15) is 51.6 Å². The summed E-state index contributed by atoms with van der Waals surface area (Å²) in [6.45, 7) is 5.53. The molecule has 1 fully saturated rings. The normalized spacial score (nSPS) is 15.5. The summed E-state index contributed by atoms with van der Waals surface area (Å²) >= 11 is 5.91. The maximum Gasteiger partial charge on any atom is 0.225 e. The van der Waals surface area contributed by atoms with Gasteiger partial charge in [-0.05, 0) is 44.4 Å². The number of benzene rings is 1. The fraction of sp³-hybridized carbons (Fsp3) is 0.529. The van der Waals surface area contributed by atoms with Gasteiger partial charge >= 0.3 is 0 Å². The lowest BCUT2D eigenvalue weighted by Crippen LogP contribution is -2.41. The molecule has 1 aliphatic carbocycles. The molecule has 0 spiro atoms. The third kappa shape index (κ3) is 4.47. The third-order valence-electron chi connectivity index (χ3n) is 3.81. The van der Waals surface area contributed by atoms with Crippen molar-refractivity contribution in [3.8, 4) is 0 Å². The molecular formula is C17H23ClN2O2. The summed E-state index contributed by atoms with van der Waals surface area (Å²) in [6.07, 6.45) is 2.43. The lowest BCUT2D eigenvalue weighted by atomic mass is 10.0. The minimum Gasteiger partial charge on any atom is -0.349 e. The van der Waals surface area contributed by atoms with Gasteiger partial charge in [0.05, 0.1) is 12.5 Å². The predicted octanol–water partition coefficient (Wildman–Crippen LogP) is 3.31. The number of carbonyl (C=O) groups excluding carboxylic acids is 2. The van der Waals surface area contributed by atoms with Gasteiger partial charge in [0.15, 0.2) is 0 Å². The van der Waals surface area contributed by atoms with Gasteiger partial charge in [-0.1, -0.05) is 23.7 Å². The first-order valence-electron chi connectivity index (χ1n) is 7.72. The molecule has 1 N–H and O–H groups in total. The minimum atomic E-state index is -0.317. The number of rotatable bonds is 6. The van der Waals surface area contributed by atoms with Crippen LogP contribution in [-0.4, -0.2) is 28.8 Å². The molecule has 120 valence electrons. The molecule has 1 aromatic carbocycles. The number of hydrogen-bond donors (Lipinski definition) is 1. The molecule has 22 heavy (non-hydrogen) atoms. The van der Waals surface area contributed by atoms with Crippen molar-refractivity contribution >= 4 is 23.4 Å². The number of nitrogens with one attached hydrogen (secondary N) is 1. The highest BCUT2D eigenvalue weighted by Gasteiger charge is 2.35. The molecular weight excluding hydrogens is 300 g/mol. The molecule has 1 aromatic rings. The van der Waals surface area contributed by atoms with E-state index in [4.69, 9.17) is 11.6 Å². The molecule has 2 amide bonds. The van der Waals surface area contributed by atoms with Crippen LogP contribution in [0.3, 0.4) is 0 Å². The number of nitrogens with zero attached hydrogens (tertiary/aromatic N) is 1. The maximum atomic E-state index is 12.6. The average Bonchev–Trinajstić information content (AvgIpc) is 3.22. The highest BCUT2D eigenvalue weighted by molar-refractivity contribution is 6.30. The van der Waals surface area contributed by atoms with Gasteiger partial charge in [0.2, 0.25) is 11.8 Å². The molecule has 5 heteroatoms. The van der Waals surface area contributed by atoms with E-state index >= 15 is 0 Å². The van der Waals surface area contributed by atoms with E-state index in [1.807, 2.05) is 30.9 Å². The molecule has 1 aliphatic rings. The van der Waals surface area contributed by atoms with E-state index in [2.05, 4.69) is 5.32 Å². The first-order valence-corrected chi connectivity index (χ1v) is 8.10. The van der Waals surface area contributed by atoms with Crippen LogP contribution in [0.25, 0.3) is 0 Å². The first kappa shape index (κ1) is 16.8. The molecule has 0 saturated heterocycles. The Morgan fingerprint density at radius 1 is 1.27 bits per heavy atom. The molecule has 4 nitrogen and oxygen atoms in total. The number of hydrogen-bond acceptors (Lipinski definition) is 2. The fourth-order valence-electron chi connectivity index (χ4n) is 2.74. The van der Waals surface area contributed by atoms with Gasteiger partial charge in [-0.2, -0.15) is 0 Å². The fourth-order valence-corrected chi connectivity index (χ4v) is 2.86. The van der Waals surface area contributed by atoms with Crippen LogP contribution in [0, 0.1) is 0 Å². The molecule has 1 atom stereocenters. The lowest BCUT2D eigenvalue weighted by Gasteiger charge is -2.29. The van der Waals surface area contributed by atoms with Crippen molar-refractivity contribution < 1.29 is 9.59 Å². The molecule has 0 aliphatic heterocycles. The molecule has 2 rings (SSSR count). The third-order valence-corrected chi connectivity index (χ3v) is 4.07. The summed E-state index contributed by atoms with van der Waals surface area (Å²) in [5.74, 6) is -0.0542. The minimum absolute atomic E-state index is 0.0891. The van der Waals surface area contributed by atoms with Gasteiger partial charge in [0, 0.05) is 24.0 Å². The average molecular weight is 323 g/mol. The van der Waals surface area contributed by atoms with Crippen LogP contribution in [0.15, 0.2) is 24.3 Å². The van der Waals surface area contributed by atoms with E-state index in [0.717, 1.165) is 18.4 Å². The van der Waals surface area contributed by atoms with E-state index in [9.17, 15) is 9.59 Å². The van der Waals surface area contributed by atoms with Crippen LogP contribution >= 0.6 is 11.6 Å². The van der Waals surface area contributed by atoms with Gasteiger partial charge in [-0.25, -0.2) is 0 Å². The Morgan fingerprint density at radius 3 is 2.32 bits per heavy atom. The summed E-state index contributed by atoms with van der Waals surface area (Å²) in [6, 6.07) is 7.50. The summed E-state index contributed by atoms with van der Waals surface area (Å²) < 4.78 is 0. The Balaban J connectivity index is 2.13. The Labute approximate surface area is 136 Å². The number of carbonyl (C=O) groups is 2. The van der Waals surface area contributed by atoms with Gasteiger partial charge in [-0.3, -0.25) is 9.59 Å². The molecule has 0 bridgehead atoms. The van der Waals surface area contributed by atoms with Crippen LogP contribution in [0.4, 0.5) is 0 Å². The number of halogens is 1. The quantitative estimate of drug-likeness (QED) is 0.873. The maximum absolute atomic E-state index is 12.6. The zero-order chi connectivity index (χ0) is 16.3. The SMILES string of the molecule is CC(=O)NC(CC(=O)N(C(C)C)C1CC1)c1ccc(Cl)cc1. The first-order chi connectivity index (χ1) is 10.4. The predicted molar refractivity (Wildman–Crippen MR) is 87.6 cm³/mol. The molecule has 1 saturated carbocycles. The highest BCUT2D eigenvalue weighted by atomic mass is 35.5. The van der Waals surface area contributed by atoms with Gasteiger partial charge in [0.1, 0.15) is 0 Å². The van der Waals surface area contributed by atoms with E-state index in [-0.39, 0.29) is 30.3 Å². The summed E-state index contributed by atoms with van der Waals surface area (Å²) in [7, 11) is 0. The van der Waals surface area contributed by atoms with Crippen molar-refractivity contribution in [2.45, 2.75) is 58.2 Å². The topological polar surface area (TPSA) is 49.4 Å². The zero-order valence-electron chi connectivity index (χ0n) is 13.3. The molecule has 1 unspecified atom stereocenters. The van der Waals surface area contributed by atoms with Crippen molar-refractivity contribution in [2.24, 2.45) is 0 Å². The summed E-state index contributed by atoms with van der Waals surface area (Å²) in [5, 5.41) is 3.51. The lowest BCUT2D eigenvalue weighted by molar-refractivity contribution is -0.134. The summed E-state index contributed by atoms with van der Waals surface area (Å²) in [4.78, 5) is 26.1. The molecule has 0 aromatic heterocycles. The highest BCUT2D eigenvalue weighted by Crippen LogP contribution is 2.30. The summed E-state index contributed by atoms with van der Waals surface area (Å²) in [5.41, 5.74) is 0.896. The van der Waals surface area contributed by atoms with Crippen LogP contribution in [0.5, 0.6) is 0 Å². The van der Waals surface area contributed by atoms with Crippen LogP contribution in [-0.2, 0) is 9.59 Å². The van der Waals surface area contributed by atoms with E-state index in [1.54, 1.807) is 12.1 Å². The van der Waals surface area contributed by atoms with Crippen LogP contribution in [0.2, 0.25) is 5.02 Å². The Bertz CT molecular complexity index is 536. The largest absolute Gasteiger partial charge is 0.349 e. The van der Waals surface area contributed by atoms with Crippen molar-refractivity contribution in [3.05, 3.63) is 34.9 Å². The standard InChI is InChI=1S/C17H23ClN2O2/c1-11(2)20(15-8-9-15)17(22)10-16(19-12(3)21)13-4-6-14(18)7-5-13/h4-7,11,15-16H,8-10H2,1-3H3,(H,19,21). The van der Waals surface area contributed by atoms with Gasteiger partial charge in [0.25, 0.3) is 0 Å². The van der Waals surface area contributed by atoms with E-state index in [1.165, 1.54) is 6.92 Å². The monoisotopic (exact) mass is 322 g/mol. The molecule has 0 radical (unpaired) electrons. The van der Waals surface area contributed by atoms with Crippen LogP contribution < -0.4 is 5.32 Å². The second kappa shape index (κ2) is 7.14. The van der Waals surface area contributed by atoms with E-state index in [0.29, 0.717) is 11.1 Å². The number of amides is 2. The van der Waals surface area contributed by atoms with Crippen molar-refractivity contribution in [1.29, 1.82) is 0 Å².